The summed E-state index contributed by atoms with van der Waals surface area (Å²) in [5, 5.41) is 3.65. The Hall–Kier alpha value is -1.75. The third-order valence-electron chi connectivity index (χ3n) is 5.61. The van der Waals surface area contributed by atoms with Gasteiger partial charge >= 0.3 is 0 Å². The number of hydrogen-bond acceptors (Lipinski definition) is 4. The van der Waals surface area contributed by atoms with Gasteiger partial charge in [-0.1, -0.05) is 0 Å². The minimum atomic E-state index is 0.247. The van der Waals surface area contributed by atoms with Crippen LogP contribution in [0.15, 0.2) is 12.1 Å². The van der Waals surface area contributed by atoms with E-state index in [1.54, 1.807) is 7.11 Å². The van der Waals surface area contributed by atoms with E-state index >= 15 is 0 Å². The quantitative estimate of drug-likeness (QED) is 0.892. The number of rotatable bonds is 5. The smallest absolute Gasteiger partial charge is 0.225 e. The number of fused-ring (bicyclic) bond motifs is 1. The summed E-state index contributed by atoms with van der Waals surface area (Å²) in [6, 6.07) is 4.70. The van der Waals surface area contributed by atoms with Crippen molar-refractivity contribution in [2.24, 2.45) is 5.92 Å². The molecule has 1 aliphatic carbocycles. The van der Waals surface area contributed by atoms with Gasteiger partial charge in [-0.2, -0.15) is 0 Å². The molecule has 2 aliphatic heterocycles. The highest BCUT2D eigenvalue weighted by Crippen LogP contribution is 2.35. The van der Waals surface area contributed by atoms with Crippen molar-refractivity contribution in [2.45, 2.75) is 57.7 Å². The molecule has 3 aliphatic rings. The zero-order valence-electron chi connectivity index (χ0n) is 15.2. The highest BCUT2D eigenvalue weighted by Gasteiger charge is 2.34. The van der Waals surface area contributed by atoms with Gasteiger partial charge in [-0.3, -0.25) is 4.79 Å². The summed E-state index contributed by atoms with van der Waals surface area (Å²) >= 11 is 0. The Bertz CT molecular complexity index is 649. The Labute approximate surface area is 149 Å². The second-order valence-electron chi connectivity index (χ2n) is 7.66. The molecule has 1 aromatic rings. The molecule has 0 aromatic heterocycles. The minimum Gasteiger partial charge on any atom is -0.496 e. The molecule has 0 bridgehead atoms. The third-order valence-corrected chi connectivity index (χ3v) is 5.61. The highest BCUT2D eigenvalue weighted by atomic mass is 16.5. The van der Waals surface area contributed by atoms with Gasteiger partial charge in [0, 0.05) is 49.1 Å². The van der Waals surface area contributed by atoms with E-state index in [1.165, 1.54) is 5.56 Å². The molecule has 1 saturated carbocycles. The van der Waals surface area contributed by atoms with Gasteiger partial charge in [0.05, 0.1) is 7.11 Å². The summed E-state index contributed by atoms with van der Waals surface area (Å²) in [7, 11) is 1.73. The third kappa shape index (κ3) is 3.61. The standard InChI is InChI=1S/C20H28N2O3/c1-13-9-15-10-18(24-2)16(11-19(15)25-13)12-21-17-5-7-22(8-6-17)20(23)14-3-4-14/h10-11,13-14,17,21H,3-9,12H2,1-2H3/t13-/m0/s1. The molecular formula is C20H28N2O3. The first-order valence-electron chi connectivity index (χ1n) is 9.52. The van der Waals surface area contributed by atoms with Gasteiger partial charge in [-0.25, -0.2) is 0 Å². The molecule has 1 N–H and O–H groups in total. The Morgan fingerprint density at radius 3 is 2.72 bits per heavy atom. The van der Waals surface area contributed by atoms with Crippen molar-refractivity contribution in [3.05, 3.63) is 23.3 Å². The Morgan fingerprint density at radius 2 is 2.04 bits per heavy atom. The van der Waals surface area contributed by atoms with Crippen LogP contribution in [-0.2, 0) is 17.8 Å². The lowest BCUT2D eigenvalue weighted by Gasteiger charge is -2.32. The van der Waals surface area contributed by atoms with E-state index in [4.69, 9.17) is 9.47 Å². The summed E-state index contributed by atoms with van der Waals surface area (Å²) in [5.41, 5.74) is 2.38. The number of carbonyl (C=O) groups excluding carboxylic acids is 1. The molecule has 136 valence electrons. The molecule has 1 atom stereocenters. The van der Waals surface area contributed by atoms with Crippen molar-refractivity contribution in [3.63, 3.8) is 0 Å². The fraction of sp³-hybridized carbons (Fsp3) is 0.650. The molecular weight excluding hydrogens is 316 g/mol. The summed E-state index contributed by atoms with van der Waals surface area (Å²) in [5.74, 6) is 2.65. The van der Waals surface area contributed by atoms with Crippen LogP contribution in [0.3, 0.4) is 0 Å². The molecule has 0 radical (unpaired) electrons. The Kier molecular flexibility index (Phi) is 4.59. The minimum absolute atomic E-state index is 0.247. The normalized spacial score (nSPS) is 23.3. The van der Waals surface area contributed by atoms with Gasteiger partial charge in [-0.05, 0) is 44.7 Å². The number of piperidine rings is 1. The van der Waals surface area contributed by atoms with Gasteiger partial charge in [0.1, 0.15) is 17.6 Å². The number of nitrogens with zero attached hydrogens (tertiary/aromatic N) is 1. The van der Waals surface area contributed by atoms with E-state index in [0.717, 1.165) is 68.8 Å². The van der Waals surface area contributed by atoms with Crippen molar-refractivity contribution in [1.29, 1.82) is 0 Å². The molecule has 1 aromatic carbocycles. The van der Waals surface area contributed by atoms with E-state index in [2.05, 4.69) is 29.3 Å². The first-order valence-corrected chi connectivity index (χ1v) is 9.52. The fourth-order valence-corrected chi connectivity index (χ4v) is 3.96. The number of carbonyl (C=O) groups is 1. The molecule has 4 rings (SSSR count). The average Bonchev–Trinajstić information content (AvgIpc) is 3.40. The zero-order chi connectivity index (χ0) is 17.4. The lowest BCUT2D eigenvalue weighted by atomic mass is 10.0. The van der Waals surface area contributed by atoms with Crippen LogP contribution in [0, 0.1) is 5.92 Å². The van der Waals surface area contributed by atoms with Gasteiger partial charge in [0.2, 0.25) is 5.91 Å². The second kappa shape index (κ2) is 6.87. The number of amides is 1. The second-order valence-corrected chi connectivity index (χ2v) is 7.66. The van der Waals surface area contributed by atoms with Crippen LogP contribution in [0.4, 0.5) is 0 Å². The van der Waals surface area contributed by atoms with E-state index in [0.29, 0.717) is 17.9 Å². The van der Waals surface area contributed by atoms with Crippen LogP contribution < -0.4 is 14.8 Å². The van der Waals surface area contributed by atoms with Crippen LogP contribution in [0.1, 0.15) is 43.7 Å². The SMILES string of the molecule is COc1cc2c(cc1CNC1CCN(C(=O)C3CC3)CC1)O[C@@H](C)C2. The van der Waals surface area contributed by atoms with Crippen LogP contribution in [0.25, 0.3) is 0 Å². The molecule has 5 nitrogen and oxygen atoms in total. The van der Waals surface area contributed by atoms with Gasteiger partial charge in [0.25, 0.3) is 0 Å². The molecule has 5 heteroatoms. The largest absolute Gasteiger partial charge is 0.496 e. The van der Waals surface area contributed by atoms with E-state index in [9.17, 15) is 4.79 Å². The lowest BCUT2D eigenvalue weighted by Crippen LogP contribution is -2.45. The van der Waals surface area contributed by atoms with Crippen molar-refractivity contribution in [2.75, 3.05) is 20.2 Å². The number of ether oxygens (including phenoxy) is 2. The molecule has 2 heterocycles. The Balaban J connectivity index is 1.33. The number of likely N-dealkylation sites (tertiary alicyclic amines) is 1. The summed E-state index contributed by atoms with van der Waals surface area (Å²) in [4.78, 5) is 14.2. The summed E-state index contributed by atoms with van der Waals surface area (Å²) in [6.07, 6.45) is 5.44. The summed E-state index contributed by atoms with van der Waals surface area (Å²) < 4.78 is 11.5. The maximum atomic E-state index is 12.1. The molecule has 0 spiro atoms. The maximum absolute atomic E-state index is 12.1. The van der Waals surface area contributed by atoms with E-state index < -0.39 is 0 Å². The van der Waals surface area contributed by atoms with E-state index in [-0.39, 0.29) is 6.10 Å². The number of nitrogens with one attached hydrogen (secondary N) is 1. The van der Waals surface area contributed by atoms with E-state index in [1.807, 2.05) is 0 Å². The molecule has 0 unspecified atom stereocenters. The van der Waals surface area contributed by atoms with Crippen LogP contribution in [0.5, 0.6) is 11.5 Å². The predicted molar refractivity (Wildman–Crippen MR) is 96.0 cm³/mol. The van der Waals surface area contributed by atoms with Crippen LogP contribution in [0.2, 0.25) is 0 Å². The number of methoxy groups -OCH3 is 1. The zero-order valence-corrected chi connectivity index (χ0v) is 15.2. The van der Waals surface area contributed by atoms with Crippen molar-refractivity contribution >= 4 is 5.91 Å². The summed E-state index contributed by atoms with van der Waals surface area (Å²) in [6.45, 7) is 4.64. The number of hydrogen-bond donors (Lipinski definition) is 1. The van der Waals surface area contributed by atoms with Crippen molar-refractivity contribution < 1.29 is 14.3 Å². The molecule has 1 amide bonds. The van der Waals surface area contributed by atoms with Crippen molar-refractivity contribution in [1.82, 2.24) is 10.2 Å². The van der Waals surface area contributed by atoms with Gasteiger partial charge in [-0.15, -0.1) is 0 Å². The number of benzene rings is 1. The highest BCUT2D eigenvalue weighted by molar-refractivity contribution is 5.81. The maximum Gasteiger partial charge on any atom is 0.225 e. The molecule has 25 heavy (non-hydrogen) atoms. The molecule has 1 saturated heterocycles. The van der Waals surface area contributed by atoms with Crippen LogP contribution in [-0.4, -0.2) is 43.2 Å². The first-order chi connectivity index (χ1) is 12.1. The van der Waals surface area contributed by atoms with Gasteiger partial charge in [0.15, 0.2) is 0 Å². The van der Waals surface area contributed by atoms with Gasteiger partial charge < -0.3 is 19.7 Å². The molecule has 2 fully saturated rings. The predicted octanol–water partition coefficient (Wildman–Crippen LogP) is 2.51. The van der Waals surface area contributed by atoms with Crippen LogP contribution >= 0.6 is 0 Å². The topological polar surface area (TPSA) is 50.8 Å². The monoisotopic (exact) mass is 344 g/mol. The van der Waals surface area contributed by atoms with Crippen molar-refractivity contribution in [3.8, 4) is 11.5 Å². The first kappa shape index (κ1) is 16.7. The average molecular weight is 344 g/mol. The lowest BCUT2D eigenvalue weighted by molar-refractivity contribution is -0.133. The fourth-order valence-electron chi connectivity index (χ4n) is 3.96. The Morgan fingerprint density at radius 1 is 1.28 bits per heavy atom.